The van der Waals surface area contributed by atoms with Gasteiger partial charge < -0.3 is 9.47 Å². The van der Waals surface area contributed by atoms with Crippen molar-refractivity contribution in [2.45, 2.75) is 5.41 Å². The van der Waals surface area contributed by atoms with Crippen LogP contribution in [-0.4, -0.2) is 13.2 Å². The van der Waals surface area contributed by atoms with Crippen LogP contribution in [0.2, 0.25) is 0 Å². The number of hydrogen-bond donors (Lipinski definition) is 0. The van der Waals surface area contributed by atoms with Crippen LogP contribution in [0.15, 0.2) is 109 Å². The molecule has 4 aromatic rings. The Hall–Kier alpha value is -3.52. The fourth-order valence-corrected chi connectivity index (χ4v) is 4.21. The molecule has 2 heteroatoms. The van der Waals surface area contributed by atoms with Gasteiger partial charge in [0, 0.05) is 0 Å². The van der Waals surface area contributed by atoms with E-state index in [-0.39, 0.29) is 5.41 Å². The highest BCUT2D eigenvalue weighted by atomic mass is 16.5. The molecule has 0 saturated heterocycles. The fraction of sp³-hybridized carbons (Fsp3) is 0.111. The second-order valence-electron chi connectivity index (χ2n) is 7.38. The first-order valence-electron chi connectivity index (χ1n) is 9.92. The van der Waals surface area contributed by atoms with Crippen molar-refractivity contribution in [1.82, 2.24) is 0 Å². The van der Waals surface area contributed by atoms with E-state index in [9.17, 15) is 0 Å². The van der Waals surface area contributed by atoms with Gasteiger partial charge in [-0.25, -0.2) is 0 Å². The Bertz CT molecular complexity index is 1010. The van der Waals surface area contributed by atoms with Gasteiger partial charge in [0.1, 0.15) is 24.7 Å². The van der Waals surface area contributed by atoms with Crippen molar-refractivity contribution in [2.24, 2.45) is 0 Å². The minimum atomic E-state index is -0.376. The first-order chi connectivity index (χ1) is 14.4. The van der Waals surface area contributed by atoms with Crippen molar-refractivity contribution in [3.05, 3.63) is 120 Å². The Morgan fingerprint density at radius 3 is 1.28 bits per heavy atom. The minimum Gasteiger partial charge on any atom is -0.492 e. The third kappa shape index (κ3) is 3.17. The zero-order valence-electron chi connectivity index (χ0n) is 16.1. The number of hydrogen-bond acceptors (Lipinski definition) is 2. The molecule has 0 fully saturated rings. The summed E-state index contributed by atoms with van der Waals surface area (Å²) in [7, 11) is 0. The highest BCUT2D eigenvalue weighted by molar-refractivity contribution is 5.81. The third-order valence-electron chi connectivity index (χ3n) is 5.63. The molecule has 2 nitrogen and oxygen atoms in total. The minimum absolute atomic E-state index is 0.376. The van der Waals surface area contributed by atoms with Gasteiger partial charge >= 0.3 is 0 Å². The SMILES string of the molecule is c1ccc(OCC2(COc3ccccc3)c3ccccc3-c3ccccc32)cc1. The number of fused-ring (bicyclic) bond motifs is 3. The molecule has 0 aromatic heterocycles. The van der Waals surface area contributed by atoms with E-state index in [2.05, 4.69) is 48.5 Å². The van der Waals surface area contributed by atoms with E-state index in [0.29, 0.717) is 13.2 Å². The molecule has 0 saturated carbocycles. The van der Waals surface area contributed by atoms with Gasteiger partial charge in [0.25, 0.3) is 0 Å². The van der Waals surface area contributed by atoms with Gasteiger partial charge in [-0.15, -0.1) is 0 Å². The molecule has 0 bridgehead atoms. The summed E-state index contributed by atoms with van der Waals surface area (Å²) >= 11 is 0. The average molecular weight is 378 g/mol. The molecule has 0 heterocycles. The van der Waals surface area contributed by atoms with Gasteiger partial charge in [-0.1, -0.05) is 84.9 Å². The molecular formula is C27H22O2. The maximum Gasteiger partial charge on any atom is 0.119 e. The van der Waals surface area contributed by atoms with Crippen molar-refractivity contribution in [3.63, 3.8) is 0 Å². The van der Waals surface area contributed by atoms with Crippen molar-refractivity contribution >= 4 is 0 Å². The Labute approximate surface area is 171 Å². The summed E-state index contributed by atoms with van der Waals surface area (Å²) < 4.78 is 12.6. The lowest BCUT2D eigenvalue weighted by Crippen LogP contribution is -2.39. The Morgan fingerprint density at radius 2 is 0.828 bits per heavy atom. The van der Waals surface area contributed by atoms with Crippen LogP contribution in [0.5, 0.6) is 11.5 Å². The molecule has 0 radical (unpaired) electrons. The van der Waals surface area contributed by atoms with Crippen molar-refractivity contribution in [3.8, 4) is 22.6 Å². The van der Waals surface area contributed by atoms with E-state index in [0.717, 1.165) is 11.5 Å². The largest absolute Gasteiger partial charge is 0.492 e. The second-order valence-corrected chi connectivity index (χ2v) is 7.38. The van der Waals surface area contributed by atoms with Crippen molar-refractivity contribution in [2.75, 3.05) is 13.2 Å². The van der Waals surface area contributed by atoms with Crippen LogP contribution in [-0.2, 0) is 5.41 Å². The summed E-state index contributed by atoms with van der Waals surface area (Å²) in [6, 6.07) is 37.2. The first kappa shape index (κ1) is 17.6. The lowest BCUT2D eigenvalue weighted by Gasteiger charge is -2.32. The smallest absolute Gasteiger partial charge is 0.119 e. The first-order valence-corrected chi connectivity index (χ1v) is 9.92. The summed E-state index contributed by atoms with van der Waals surface area (Å²) in [5, 5.41) is 0. The predicted octanol–water partition coefficient (Wildman–Crippen LogP) is 6.11. The second kappa shape index (κ2) is 7.48. The van der Waals surface area contributed by atoms with Gasteiger partial charge in [0.15, 0.2) is 0 Å². The lowest BCUT2D eigenvalue weighted by molar-refractivity contribution is 0.172. The fourth-order valence-electron chi connectivity index (χ4n) is 4.21. The summed E-state index contributed by atoms with van der Waals surface area (Å²) in [5.74, 6) is 1.74. The van der Waals surface area contributed by atoms with Crippen LogP contribution in [0, 0.1) is 0 Å². The van der Waals surface area contributed by atoms with Crippen molar-refractivity contribution < 1.29 is 9.47 Å². The normalized spacial score (nSPS) is 13.4. The topological polar surface area (TPSA) is 18.5 Å². The van der Waals surface area contributed by atoms with Crippen LogP contribution in [0.3, 0.4) is 0 Å². The molecular weight excluding hydrogens is 356 g/mol. The van der Waals surface area contributed by atoms with Gasteiger partial charge in [0.05, 0.1) is 5.41 Å². The van der Waals surface area contributed by atoms with E-state index in [4.69, 9.17) is 9.47 Å². The van der Waals surface area contributed by atoms with Gasteiger partial charge in [-0.3, -0.25) is 0 Å². The molecule has 0 amide bonds. The summed E-state index contributed by atoms with van der Waals surface area (Å²) in [6.45, 7) is 1.02. The van der Waals surface area contributed by atoms with E-state index < -0.39 is 0 Å². The molecule has 29 heavy (non-hydrogen) atoms. The number of rotatable bonds is 6. The molecule has 5 rings (SSSR count). The zero-order valence-corrected chi connectivity index (χ0v) is 16.1. The highest BCUT2D eigenvalue weighted by Gasteiger charge is 2.44. The Morgan fingerprint density at radius 1 is 0.448 bits per heavy atom. The molecule has 1 aliphatic carbocycles. The van der Waals surface area contributed by atoms with E-state index >= 15 is 0 Å². The zero-order chi connectivity index (χ0) is 19.5. The quantitative estimate of drug-likeness (QED) is 0.403. The molecule has 0 spiro atoms. The lowest BCUT2D eigenvalue weighted by atomic mass is 9.79. The van der Waals surface area contributed by atoms with E-state index in [1.54, 1.807) is 0 Å². The average Bonchev–Trinajstić information content (AvgIpc) is 3.08. The van der Waals surface area contributed by atoms with Crippen LogP contribution >= 0.6 is 0 Å². The maximum atomic E-state index is 6.32. The predicted molar refractivity (Wildman–Crippen MR) is 117 cm³/mol. The van der Waals surface area contributed by atoms with E-state index in [1.807, 2.05) is 60.7 Å². The van der Waals surface area contributed by atoms with Gasteiger partial charge in [-0.05, 0) is 46.5 Å². The summed E-state index contributed by atoms with van der Waals surface area (Å²) in [5.41, 5.74) is 4.66. The molecule has 0 aliphatic heterocycles. The van der Waals surface area contributed by atoms with Gasteiger partial charge in [-0.2, -0.15) is 0 Å². The van der Waals surface area contributed by atoms with Crippen LogP contribution in [0.4, 0.5) is 0 Å². The van der Waals surface area contributed by atoms with Crippen LogP contribution in [0.25, 0.3) is 11.1 Å². The van der Waals surface area contributed by atoms with Crippen LogP contribution in [0.1, 0.15) is 11.1 Å². The molecule has 0 N–H and O–H groups in total. The maximum absolute atomic E-state index is 6.32. The van der Waals surface area contributed by atoms with Gasteiger partial charge in [0.2, 0.25) is 0 Å². The molecule has 0 atom stereocenters. The Kier molecular flexibility index (Phi) is 4.53. The monoisotopic (exact) mass is 378 g/mol. The molecule has 4 aromatic carbocycles. The highest BCUT2D eigenvalue weighted by Crippen LogP contribution is 2.49. The number of benzene rings is 4. The van der Waals surface area contributed by atoms with Crippen LogP contribution < -0.4 is 9.47 Å². The number of para-hydroxylation sites is 2. The Balaban J connectivity index is 1.58. The summed E-state index contributed by atoms with van der Waals surface area (Å²) in [4.78, 5) is 0. The molecule has 1 aliphatic rings. The molecule has 0 unspecified atom stereocenters. The third-order valence-corrected chi connectivity index (χ3v) is 5.63. The molecule has 142 valence electrons. The van der Waals surface area contributed by atoms with Crippen molar-refractivity contribution in [1.29, 1.82) is 0 Å². The number of ether oxygens (including phenoxy) is 2. The summed E-state index contributed by atoms with van der Waals surface area (Å²) in [6.07, 6.45) is 0. The standard InChI is InChI=1S/C27H22O2/c1-3-11-21(12-4-1)28-19-27(20-29-22-13-5-2-6-14-22)25-17-9-7-15-23(25)24-16-8-10-18-26(24)27/h1-18H,19-20H2. The van der Waals surface area contributed by atoms with E-state index in [1.165, 1.54) is 22.3 Å².